The van der Waals surface area contributed by atoms with Gasteiger partial charge in [-0.15, -0.1) is 0 Å². The lowest BCUT2D eigenvalue weighted by molar-refractivity contribution is 0.305. The molecular formula is C24H18ClN3O. The molecule has 0 aliphatic carbocycles. The van der Waals surface area contributed by atoms with E-state index in [2.05, 4.69) is 16.0 Å². The highest BCUT2D eigenvalue weighted by molar-refractivity contribution is 6.30. The van der Waals surface area contributed by atoms with Crippen LogP contribution < -0.4 is 4.74 Å². The SMILES string of the molecule is Cc1ccc2nc(/C(C#N)=C\c3ccccc3OCc3ccc(Cl)cc3)[nH]c2c1. The van der Waals surface area contributed by atoms with Crippen molar-refractivity contribution < 1.29 is 4.74 Å². The lowest BCUT2D eigenvalue weighted by Gasteiger charge is -2.09. The first kappa shape index (κ1) is 18.8. The normalized spacial score (nSPS) is 11.4. The van der Waals surface area contributed by atoms with Gasteiger partial charge in [0.25, 0.3) is 0 Å². The van der Waals surface area contributed by atoms with Crippen molar-refractivity contribution in [2.75, 3.05) is 0 Å². The van der Waals surface area contributed by atoms with Gasteiger partial charge in [-0.3, -0.25) is 0 Å². The van der Waals surface area contributed by atoms with Crippen LogP contribution in [0.5, 0.6) is 5.75 Å². The molecule has 1 heterocycles. The summed E-state index contributed by atoms with van der Waals surface area (Å²) in [5.74, 6) is 1.24. The van der Waals surface area contributed by atoms with E-state index in [1.807, 2.05) is 73.7 Å². The number of nitrogens with zero attached hydrogens (tertiary/aromatic N) is 2. The van der Waals surface area contributed by atoms with E-state index in [0.717, 1.165) is 27.7 Å². The fraction of sp³-hybridized carbons (Fsp3) is 0.0833. The summed E-state index contributed by atoms with van der Waals surface area (Å²) >= 11 is 5.94. The zero-order chi connectivity index (χ0) is 20.2. The minimum absolute atomic E-state index is 0.411. The third-order valence-electron chi connectivity index (χ3n) is 4.54. The number of fused-ring (bicyclic) bond motifs is 1. The molecule has 142 valence electrons. The maximum atomic E-state index is 9.71. The monoisotopic (exact) mass is 399 g/mol. The Kier molecular flexibility index (Phi) is 5.33. The predicted molar refractivity (Wildman–Crippen MR) is 117 cm³/mol. The molecule has 0 radical (unpaired) electrons. The van der Waals surface area contributed by atoms with Gasteiger partial charge in [0.15, 0.2) is 0 Å². The minimum atomic E-state index is 0.411. The molecule has 0 bridgehead atoms. The first-order valence-corrected chi connectivity index (χ1v) is 9.55. The molecule has 4 rings (SSSR count). The third kappa shape index (κ3) is 4.31. The minimum Gasteiger partial charge on any atom is -0.488 e. The number of nitriles is 1. The number of hydrogen-bond donors (Lipinski definition) is 1. The smallest absolute Gasteiger partial charge is 0.149 e. The number of imidazole rings is 1. The summed E-state index contributed by atoms with van der Waals surface area (Å²) in [6, 6.07) is 23.4. The number of H-pyrrole nitrogens is 1. The molecule has 1 N–H and O–H groups in total. The van der Waals surface area contributed by atoms with E-state index in [1.54, 1.807) is 6.08 Å². The van der Waals surface area contributed by atoms with Crippen LogP contribution in [0.25, 0.3) is 22.7 Å². The second-order valence-corrected chi connectivity index (χ2v) is 7.17. The van der Waals surface area contributed by atoms with Crippen molar-refractivity contribution >= 4 is 34.3 Å². The van der Waals surface area contributed by atoms with Crippen molar-refractivity contribution in [1.82, 2.24) is 9.97 Å². The van der Waals surface area contributed by atoms with Gasteiger partial charge >= 0.3 is 0 Å². The van der Waals surface area contributed by atoms with Gasteiger partial charge in [-0.25, -0.2) is 4.98 Å². The van der Waals surface area contributed by atoms with Crippen LogP contribution >= 0.6 is 11.6 Å². The number of ether oxygens (including phenoxy) is 1. The van der Waals surface area contributed by atoms with E-state index in [0.29, 0.717) is 28.8 Å². The molecule has 4 aromatic rings. The van der Waals surface area contributed by atoms with Crippen LogP contribution in [-0.2, 0) is 6.61 Å². The molecule has 0 fully saturated rings. The fourth-order valence-electron chi connectivity index (χ4n) is 3.03. The Hall–Kier alpha value is -3.55. The molecule has 29 heavy (non-hydrogen) atoms. The second-order valence-electron chi connectivity index (χ2n) is 6.73. The summed E-state index contributed by atoms with van der Waals surface area (Å²) in [6.07, 6.45) is 1.79. The molecule has 0 unspecified atom stereocenters. The van der Waals surface area contributed by atoms with Gasteiger partial charge in [-0.2, -0.15) is 5.26 Å². The van der Waals surface area contributed by atoms with Crippen LogP contribution in [-0.4, -0.2) is 9.97 Å². The molecule has 1 aromatic heterocycles. The van der Waals surface area contributed by atoms with Gasteiger partial charge in [0.1, 0.15) is 24.3 Å². The second kappa shape index (κ2) is 8.22. The number of hydrogen-bond acceptors (Lipinski definition) is 3. The Balaban J connectivity index is 1.63. The van der Waals surface area contributed by atoms with Gasteiger partial charge in [0.05, 0.1) is 16.6 Å². The molecule has 0 aliphatic heterocycles. The summed E-state index contributed by atoms with van der Waals surface area (Å²) in [4.78, 5) is 7.79. The van der Waals surface area contributed by atoms with Crippen molar-refractivity contribution in [3.63, 3.8) is 0 Å². The van der Waals surface area contributed by atoms with E-state index in [9.17, 15) is 5.26 Å². The van der Waals surface area contributed by atoms with E-state index in [4.69, 9.17) is 16.3 Å². The molecule has 0 saturated carbocycles. The van der Waals surface area contributed by atoms with Crippen LogP contribution in [0, 0.1) is 18.3 Å². The number of rotatable bonds is 5. The molecule has 0 amide bonds. The summed E-state index contributed by atoms with van der Waals surface area (Å²) < 4.78 is 5.99. The van der Waals surface area contributed by atoms with Gasteiger partial charge < -0.3 is 9.72 Å². The summed E-state index contributed by atoms with van der Waals surface area (Å²) in [5, 5.41) is 10.4. The number of benzene rings is 3. The summed E-state index contributed by atoms with van der Waals surface area (Å²) in [6.45, 7) is 2.43. The van der Waals surface area contributed by atoms with E-state index in [-0.39, 0.29) is 0 Å². The Morgan fingerprint density at radius 3 is 2.72 bits per heavy atom. The van der Waals surface area contributed by atoms with Gasteiger partial charge in [0, 0.05) is 10.6 Å². The number of allylic oxidation sites excluding steroid dienone is 1. The number of para-hydroxylation sites is 1. The first-order valence-electron chi connectivity index (χ1n) is 9.17. The van der Waals surface area contributed by atoms with E-state index in [1.165, 1.54) is 0 Å². The van der Waals surface area contributed by atoms with Crippen molar-refractivity contribution in [1.29, 1.82) is 5.26 Å². The molecule has 0 spiro atoms. The molecular weight excluding hydrogens is 382 g/mol. The predicted octanol–water partition coefficient (Wildman–Crippen LogP) is 6.17. The zero-order valence-corrected chi connectivity index (χ0v) is 16.6. The summed E-state index contributed by atoms with van der Waals surface area (Å²) in [7, 11) is 0. The Labute approximate surface area is 174 Å². The average molecular weight is 400 g/mol. The highest BCUT2D eigenvalue weighted by atomic mass is 35.5. The maximum Gasteiger partial charge on any atom is 0.149 e. The lowest BCUT2D eigenvalue weighted by atomic mass is 10.1. The number of halogens is 1. The number of nitrogens with one attached hydrogen (secondary N) is 1. The summed E-state index contributed by atoms with van der Waals surface area (Å²) in [5.41, 5.74) is 5.15. The quantitative estimate of drug-likeness (QED) is 0.408. The van der Waals surface area contributed by atoms with Crippen LogP contribution in [0.3, 0.4) is 0 Å². The number of aromatic nitrogens is 2. The van der Waals surface area contributed by atoms with Crippen LogP contribution in [0.4, 0.5) is 0 Å². The van der Waals surface area contributed by atoms with Gasteiger partial charge in [0.2, 0.25) is 0 Å². The van der Waals surface area contributed by atoms with Crippen molar-refractivity contribution in [3.8, 4) is 11.8 Å². The molecule has 0 atom stereocenters. The highest BCUT2D eigenvalue weighted by Gasteiger charge is 2.10. The lowest BCUT2D eigenvalue weighted by Crippen LogP contribution is -1.97. The standard InChI is InChI=1S/C24H18ClN3O/c1-16-6-11-21-22(12-16)28-24(27-21)19(14-26)13-18-4-2-3-5-23(18)29-15-17-7-9-20(25)10-8-17/h2-13H,15H2,1H3,(H,27,28)/b19-13-. The molecule has 5 heteroatoms. The average Bonchev–Trinajstić information content (AvgIpc) is 3.15. The molecule has 4 nitrogen and oxygen atoms in total. The number of aryl methyl sites for hydroxylation is 1. The van der Waals surface area contributed by atoms with Crippen LogP contribution in [0.2, 0.25) is 5.02 Å². The van der Waals surface area contributed by atoms with Gasteiger partial charge in [-0.1, -0.05) is 48.0 Å². The largest absolute Gasteiger partial charge is 0.488 e. The third-order valence-corrected chi connectivity index (χ3v) is 4.79. The van der Waals surface area contributed by atoms with Crippen molar-refractivity contribution in [2.45, 2.75) is 13.5 Å². The first-order chi connectivity index (χ1) is 14.1. The Morgan fingerprint density at radius 1 is 1.14 bits per heavy atom. The van der Waals surface area contributed by atoms with Crippen molar-refractivity contribution in [2.24, 2.45) is 0 Å². The Bertz CT molecular complexity index is 1230. The highest BCUT2D eigenvalue weighted by Crippen LogP contribution is 2.26. The van der Waals surface area contributed by atoms with Gasteiger partial charge in [-0.05, 0) is 54.5 Å². The van der Waals surface area contributed by atoms with E-state index < -0.39 is 0 Å². The van der Waals surface area contributed by atoms with Crippen molar-refractivity contribution in [3.05, 3.63) is 94.3 Å². The maximum absolute atomic E-state index is 9.71. The molecule has 0 aliphatic rings. The molecule has 0 saturated heterocycles. The topological polar surface area (TPSA) is 61.7 Å². The van der Waals surface area contributed by atoms with Crippen LogP contribution in [0.15, 0.2) is 66.7 Å². The fourth-order valence-corrected chi connectivity index (χ4v) is 3.16. The van der Waals surface area contributed by atoms with E-state index >= 15 is 0 Å². The Morgan fingerprint density at radius 2 is 1.93 bits per heavy atom. The number of aromatic amines is 1. The zero-order valence-electron chi connectivity index (χ0n) is 15.8. The van der Waals surface area contributed by atoms with Crippen LogP contribution in [0.1, 0.15) is 22.5 Å². The molecule has 3 aromatic carbocycles.